The normalized spacial score (nSPS) is 14.6. The van der Waals surface area contributed by atoms with Crippen molar-refractivity contribution in [3.63, 3.8) is 0 Å². The van der Waals surface area contributed by atoms with Gasteiger partial charge < -0.3 is 9.47 Å². The molecule has 0 aromatic heterocycles. The first-order valence-corrected chi connectivity index (χ1v) is 44.0. The molecule has 4 atom stereocenters. The minimum atomic E-state index is -1.59. The van der Waals surface area contributed by atoms with Gasteiger partial charge in [-0.2, -0.15) is 0 Å². The van der Waals surface area contributed by atoms with Crippen LogP contribution in [0.25, 0.3) is 44.5 Å². The predicted octanol–water partition coefficient (Wildman–Crippen LogP) is 22.7. The monoisotopic (exact) mass is 1380 g/mol. The summed E-state index contributed by atoms with van der Waals surface area (Å²) < 4.78 is 11.1. The Kier molecular flexibility index (Phi) is 21.7. The number of benzene rings is 10. The van der Waals surface area contributed by atoms with Gasteiger partial charge in [0.15, 0.2) is 0 Å². The third-order valence-electron chi connectivity index (χ3n) is 20.0. The van der Waals surface area contributed by atoms with E-state index in [-0.39, 0.29) is 23.7 Å². The van der Waals surface area contributed by atoms with E-state index in [1.165, 1.54) is 84.4 Å². The van der Waals surface area contributed by atoms with Crippen LogP contribution in [0.4, 0.5) is 0 Å². The van der Waals surface area contributed by atoms with E-state index in [2.05, 4.69) is 233 Å². The molecule has 0 heterocycles. The molecule has 0 saturated carbocycles. The van der Waals surface area contributed by atoms with Gasteiger partial charge in [-0.05, 0) is 199 Å². The highest BCUT2D eigenvalue weighted by atomic mass is 28.3. The van der Waals surface area contributed by atoms with Gasteiger partial charge in [0.05, 0.1) is 25.3 Å². The molecule has 10 aromatic rings. The van der Waals surface area contributed by atoms with Crippen LogP contribution in [0.5, 0.6) is 0 Å². The second-order valence-corrected chi connectivity index (χ2v) is 39.3. The maximum Gasteiger partial charge on any atom is 0.339 e. The van der Waals surface area contributed by atoms with Crippen molar-refractivity contribution in [3.8, 4) is 115 Å². The molecule has 6 aliphatic rings. The van der Waals surface area contributed by atoms with Gasteiger partial charge in [-0.1, -0.05) is 260 Å². The van der Waals surface area contributed by atoms with Crippen LogP contribution in [0.2, 0.25) is 39.3 Å². The summed E-state index contributed by atoms with van der Waals surface area (Å²) in [6.45, 7) is 17.9. The molecule has 4 nitrogen and oxygen atoms in total. The summed E-state index contributed by atoms with van der Waals surface area (Å²) in [5, 5.41) is 0. The molecule has 0 fully saturated rings. The number of unbranched alkanes of at least 4 members (excludes halogenated alkanes) is 8. The fourth-order valence-corrected chi connectivity index (χ4v) is 16.0. The van der Waals surface area contributed by atoms with Crippen molar-refractivity contribution in [2.24, 2.45) is 0 Å². The smallest absolute Gasteiger partial charge is 0.339 e. The number of rotatable bonds is 14. The van der Waals surface area contributed by atoms with Gasteiger partial charge >= 0.3 is 11.9 Å². The number of ether oxygens (including phenoxy) is 2. The van der Waals surface area contributed by atoms with Crippen LogP contribution in [0.15, 0.2) is 206 Å². The van der Waals surface area contributed by atoms with Gasteiger partial charge in [0.2, 0.25) is 0 Å². The van der Waals surface area contributed by atoms with Gasteiger partial charge in [0.25, 0.3) is 0 Å². The highest BCUT2D eigenvalue weighted by molar-refractivity contribution is 6.84. The molecule has 512 valence electrons. The fraction of sp³-hybridized carbons (Fsp3) is 0.245. The minimum absolute atomic E-state index is 0.00603. The van der Waals surface area contributed by atoms with Gasteiger partial charge in [0, 0.05) is 81.0 Å². The molecule has 0 N–H and O–H groups in total. The van der Waals surface area contributed by atoms with Crippen LogP contribution in [0.1, 0.15) is 211 Å². The van der Waals surface area contributed by atoms with Crippen molar-refractivity contribution >= 4 is 28.1 Å². The van der Waals surface area contributed by atoms with Crippen molar-refractivity contribution in [2.45, 2.75) is 141 Å². The average Bonchev–Trinajstić information content (AvgIpc) is 0.687. The zero-order valence-corrected chi connectivity index (χ0v) is 63.6. The molecule has 6 heteroatoms. The van der Waals surface area contributed by atoms with Crippen LogP contribution >= 0.6 is 0 Å². The van der Waals surface area contributed by atoms with E-state index in [4.69, 9.17) is 9.47 Å². The Balaban J connectivity index is 0.823. The molecule has 4 bridgehead atoms. The molecule has 4 unspecified atom stereocenters. The third kappa shape index (κ3) is 15.9. The summed E-state index contributed by atoms with van der Waals surface area (Å²) in [6, 6.07) is 73.0. The Morgan fingerprint density at radius 1 is 0.308 bits per heavy atom. The zero-order chi connectivity index (χ0) is 72.5. The lowest BCUT2D eigenvalue weighted by Crippen LogP contribution is -2.35. The van der Waals surface area contributed by atoms with Gasteiger partial charge in [0.1, 0.15) is 16.1 Å². The van der Waals surface area contributed by atoms with E-state index in [0.717, 1.165) is 128 Å². The second-order valence-electron chi connectivity index (χ2n) is 29.8. The van der Waals surface area contributed by atoms with Crippen molar-refractivity contribution in [1.29, 1.82) is 0 Å². The summed E-state index contributed by atoms with van der Waals surface area (Å²) in [6.07, 6.45) is 10.8. The Bertz CT molecular complexity index is 5020. The highest BCUT2D eigenvalue weighted by Crippen LogP contribution is 2.64. The highest BCUT2D eigenvalue weighted by Gasteiger charge is 2.50. The summed E-state index contributed by atoms with van der Waals surface area (Å²) >= 11 is 0. The molecule has 16 rings (SSSR count). The molecule has 0 aliphatic heterocycles. The largest absolute Gasteiger partial charge is 0.465 e. The van der Waals surface area contributed by atoms with Gasteiger partial charge in [-0.25, -0.2) is 9.59 Å². The van der Waals surface area contributed by atoms with Crippen LogP contribution in [-0.4, -0.2) is 42.3 Å². The Morgan fingerprint density at radius 3 is 0.885 bits per heavy atom. The van der Waals surface area contributed by atoms with Crippen LogP contribution < -0.4 is 0 Å². The SMILES string of the molecule is CCCCCCC#Cc1cc(-c2ccc(C#Cc3ccc4c(c3)C3c5ccccc5C4C4c5ccccc5C3c3cc(C#Cc5ccc(-c6cc(C#CCCCCCC)cc(-c7ccc(C#C[Si](C)(C)C)cc7)c6C(=O)OC)cc5)ccc34)cc2)c(C(=O)OC)c(-c2ccc(C#C[Si](C)(C)C)cc2)c1. The first-order chi connectivity index (χ1) is 50.5. The first-order valence-electron chi connectivity index (χ1n) is 37.0. The maximum atomic E-state index is 14.1. The van der Waals surface area contributed by atoms with Crippen molar-refractivity contribution < 1.29 is 19.1 Å². The molecular formula is C98H88O4Si2. The number of esters is 2. The maximum absolute atomic E-state index is 14.1. The van der Waals surface area contributed by atoms with Gasteiger partial charge in [-0.15, -0.1) is 11.1 Å². The third-order valence-corrected chi connectivity index (χ3v) is 21.7. The molecule has 104 heavy (non-hydrogen) atoms. The number of hydrogen-bond acceptors (Lipinski definition) is 4. The van der Waals surface area contributed by atoms with Crippen LogP contribution in [0.3, 0.4) is 0 Å². The summed E-state index contributed by atoms with van der Waals surface area (Å²) in [7, 11) is -0.283. The molecular weight excluding hydrogens is 1300 g/mol. The van der Waals surface area contributed by atoms with E-state index in [0.29, 0.717) is 11.1 Å². The summed E-state index contributed by atoms with van der Waals surface area (Å²) in [5.74, 6) is 34.2. The van der Waals surface area contributed by atoms with E-state index in [9.17, 15) is 9.59 Å². The lowest BCUT2D eigenvalue weighted by Gasteiger charge is -2.50. The van der Waals surface area contributed by atoms with Crippen molar-refractivity contribution in [1.82, 2.24) is 0 Å². The predicted molar refractivity (Wildman–Crippen MR) is 434 cm³/mol. The van der Waals surface area contributed by atoms with Crippen molar-refractivity contribution in [3.05, 3.63) is 306 Å². The molecule has 0 saturated heterocycles. The topological polar surface area (TPSA) is 52.6 Å². The summed E-state index contributed by atoms with van der Waals surface area (Å²) in [5.41, 5.74) is 32.6. The number of hydrogen-bond donors (Lipinski definition) is 0. The summed E-state index contributed by atoms with van der Waals surface area (Å²) in [4.78, 5) is 28.1. The van der Waals surface area contributed by atoms with E-state index in [1.54, 1.807) is 0 Å². The van der Waals surface area contributed by atoms with E-state index in [1.807, 2.05) is 97.1 Å². The Morgan fingerprint density at radius 2 is 0.587 bits per heavy atom. The minimum Gasteiger partial charge on any atom is -0.465 e. The molecule has 10 aromatic carbocycles. The van der Waals surface area contributed by atoms with E-state index < -0.39 is 28.1 Å². The quantitative estimate of drug-likeness (QED) is 0.0471. The standard InChI is InChI=1S/C98H88O4Si2/c1-11-13-15-17-19-21-27-73-63-85(95(97(99)101-3)87(65-73)77-51-41-69(42-52-77)57-59-103(5,6)7)75-47-37-67(38-48-75)33-35-71-45-55-83-89(61-71)93-81-31-25-23-29-79(81)91(83)92-80-30-24-26-32-82(80)94(93)90-62-72(46-56-84(90)92)36-34-68-39-49-76(50-40-68)86-64-74(28-22-20-18-16-14-12-2)66-88(96(86)98(100)102-4)78-53-43-70(44-54-78)58-60-104(8,9)10/h23-26,29-32,37-56,61-66,91-94H,11-20H2,1-10H3. The van der Waals surface area contributed by atoms with Crippen molar-refractivity contribution in [2.75, 3.05) is 14.2 Å². The fourth-order valence-electron chi connectivity index (χ4n) is 15.0. The lowest BCUT2D eigenvalue weighted by atomic mass is 9.53. The zero-order valence-electron chi connectivity index (χ0n) is 61.6. The lowest BCUT2D eigenvalue weighted by molar-refractivity contribution is 0.0593. The number of methoxy groups -OCH3 is 2. The van der Waals surface area contributed by atoms with E-state index >= 15 is 0 Å². The van der Waals surface area contributed by atoms with Crippen LogP contribution in [-0.2, 0) is 9.47 Å². The Labute approximate surface area is 619 Å². The molecule has 0 amide bonds. The second kappa shape index (κ2) is 31.7. The molecule has 0 spiro atoms. The number of carbonyl (C=O) groups is 2. The van der Waals surface area contributed by atoms with Crippen LogP contribution in [0, 0.1) is 70.3 Å². The molecule has 6 aliphatic carbocycles. The number of carbonyl (C=O) groups excluding carboxylic acids is 2. The van der Waals surface area contributed by atoms with Gasteiger partial charge in [-0.3, -0.25) is 0 Å². The Hall–Kier alpha value is -11.1. The molecule has 0 radical (unpaired) electrons. The average molecular weight is 1390 g/mol. The first kappa shape index (κ1) is 71.3.